The highest BCUT2D eigenvalue weighted by atomic mass is 16.6. The molecule has 0 rings (SSSR count). The zero-order chi connectivity index (χ0) is 15.1. The normalized spacial score (nSPS) is 14.8. The van der Waals surface area contributed by atoms with E-state index in [4.69, 9.17) is 19.7 Å². The molecule has 0 saturated carbocycles. The fourth-order valence-corrected chi connectivity index (χ4v) is 1.19. The van der Waals surface area contributed by atoms with Crippen molar-refractivity contribution in [1.82, 2.24) is 0 Å². The van der Waals surface area contributed by atoms with Crippen LogP contribution in [-0.2, 0) is 19.1 Å². The number of aliphatic hydroxyl groups is 1. The molecule has 0 aromatic rings. The highest BCUT2D eigenvalue weighted by Crippen LogP contribution is 2.04. The van der Waals surface area contributed by atoms with Gasteiger partial charge in [-0.05, 0) is 6.42 Å². The van der Waals surface area contributed by atoms with E-state index in [0.717, 1.165) is 0 Å². The van der Waals surface area contributed by atoms with E-state index in [1.54, 1.807) is 6.92 Å². The number of carbonyl (C=O) groups is 2. The minimum Gasteiger partial charge on any atom is -0.479 e. The predicted molar refractivity (Wildman–Crippen MR) is 67.5 cm³/mol. The van der Waals surface area contributed by atoms with Gasteiger partial charge in [0.05, 0.1) is 34.4 Å². The van der Waals surface area contributed by atoms with Crippen molar-refractivity contribution in [3.05, 3.63) is 0 Å². The second kappa shape index (κ2) is 8.08. The van der Waals surface area contributed by atoms with Crippen molar-refractivity contribution in [2.45, 2.75) is 25.6 Å². The van der Waals surface area contributed by atoms with Gasteiger partial charge < -0.3 is 24.2 Å². The summed E-state index contributed by atoms with van der Waals surface area (Å²) in [5.41, 5.74) is 0. The number of quaternary nitrogens is 1. The SMILES string of the molecule is CCC(OC(=O)C(CO)OCC[N+](C)(C)C)C(=O)O. The first-order chi connectivity index (χ1) is 8.71. The number of hydrogen-bond acceptors (Lipinski definition) is 5. The van der Waals surface area contributed by atoms with Gasteiger partial charge in [0.25, 0.3) is 0 Å². The van der Waals surface area contributed by atoms with E-state index in [1.807, 2.05) is 21.1 Å². The first-order valence-electron chi connectivity index (χ1n) is 6.17. The largest absolute Gasteiger partial charge is 0.479 e. The molecule has 2 N–H and O–H groups in total. The molecule has 112 valence electrons. The topological polar surface area (TPSA) is 93.1 Å². The van der Waals surface area contributed by atoms with Crippen LogP contribution in [0.5, 0.6) is 0 Å². The van der Waals surface area contributed by atoms with E-state index in [9.17, 15) is 9.59 Å². The molecule has 0 aromatic carbocycles. The number of carboxylic acid groups (broad SMARTS) is 1. The number of nitrogens with zero attached hydrogens (tertiary/aromatic N) is 1. The number of esters is 1. The molecule has 0 saturated heterocycles. The number of hydrogen-bond donors (Lipinski definition) is 2. The molecular weight excluding hydrogens is 254 g/mol. The molecule has 0 amide bonds. The van der Waals surface area contributed by atoms with Crippen LogP contribution < -0.4 is 0 Å². The van der Waals surface area contributed by atoms with Crippen LogP contribution >= 0.6 is 0 Å². The quantitative estimate of drug-likeness (QED) is 0.435. The van der Waals surface area contributed by atoms with E-state index in [1.165, 1.54) is 0 Å². The lowest BCUT2D eigenvalue weighted by Gasteiger charge is -2.25. The first kappa shape index (κ1) is 17.8. The van der Waals surface area contributed by atoms with Gasteiger partial charge in [0.2, 0.25) is 0 Å². The monoisotopic (exact) mass is 278 g/mol. The summed E-state index contributed by atoms with van der Waals surface area (Å²) in [7, 11) is 5.90. The van der Waals surface area contributed by atoms with Gasteiger partial charge in [0, 0.05) is 0 Å². The summed E-state index contributed by atoms with van der Waals surface area (Å²) < 4.78 is 10.6. The van der Waals surface area contributed by atoms with Gasteiger partial charge in [-0.3, -0.25) is 0 Å². The maximum atomic E-state index is 11.6. The Bertz CT molecular complexity index is 299. The van der Waals surface area contributed by atoms with E-state index in [2.05, 4.69) is 0 Å². The van der Waals surface area contributed by atoms with Crippen molar-refractivity contribution in [3.63, 3.8) is 0 Å². The van der Waals surface area contributed by atoms with Gasteiger partial charge >= 0.3 is 11.9 Å². The van der Waals surface area contributed by atoms with Gasteiger partial charge in [-0.1, -0.05) is 6.92 Å². The van der Waals surface area contributed by atoms with Crippen molar-refractivity contribution >= 4 is 11.9 Å². The molecule has 0 spiro atoms. The molecule has 7 heteroatoms. The highest BCUT2D eigenvalue weighted by molar-refractivity contribution is 5.80. The number of ether oxygens (including phenoxy) is 2. The van der Waals surface area contributed by atoms with Crippen molar-refractivity contribution in [2.75, 3.05) is 40.9 Å². The lowest BCUT2D eigenvalue weighted by Crippen LogP contribution is -2.41. The number of carbonyl (C=O) groups excluding carboxylic acids is 1. The summed E-state index contributed by atoms with van der Waals surface area (Å²) in [5.74, 6) is -2.06. The van der Waals surface area contributed by atoms with Gasteiger partial charge in [-0.15, -0.1) is 0 Å². The van der Waals surface area contributed by atoms with Crippen molar-refractivity contribution in [1.29, 1.82) is 0 Å². The Balaban J connectivity index is 4.28. The molecule has 0 aliphatic heterocycles. The lowest BCUT2D eigenvalue weighted by molar-refractivity contribution is -0.870. The van der Waals surface area contributed by atoms with E-state index >= 15 is 0 Å². The third-order valence-electron chi connectivity index (χ3n) is 2.41. The lowest BCUT2D eigenvalue weighted by atomic mass is 10.3. The molecule has 0 radical (unpaired) electrons. The molecule has 19 heavy (non-hydrogen) atoms. The maximum Gasteiger partial charge on any atom is 0.345 e. The second-order valence-electron chi connectivity index (χ2n) is 5.23. The molecule has 0 aliphatic rings. The Labute approximate surface area is 113 Å². The number of carboxylic acids is 1. The Kier molecular flexibility index (Phi) is 7.58. The van der Waals surface area contributed by atoms with Crippen molar-refractivity contribution in [3.8, 4) is 0 Å². The van der Waals surface area contributed by atoms with Crippen LogP contribution in [0.15, 0.2) is 0 Å². The smallest absolute Gasteiger partial charge is 0.345 e. The van der Waals surface area contributed by atoms with Gasteiger partial charge in [-0.25, -0.2) is 9.59 Å². The Hall–Kier alpha value is -1.18. The number of aliphatic carboxylic acids is 1. The molecule has 2 atom stereocenters. The molecule has 2 unspecified atom stereocenters. The van der Waals surface area contributed by atoms with E-state index in [0.29, 0.717) is 11.0 Å². The van der Waals surface area contributed by atoms with Crippen molar-refractivity contribution in [2.24, 2.45) is 0 Å². The zero-order valence-corrected chi connectivity index (χ0v) is 12.0. The number of rotatable bonds is 9. The Morgan fingerprint density at radius 1 is 1.21 bits per heavy atom. The summed E-state index contributed by atoms with van der Waals surface area (Å²) in [6.07, 6.45) is -2.18. The zero-order valence-electron chi connectivity index (χ0n) is 12.0. The van der Waals surface area contributed by atoms with E-state index < -0.39 is 30.8 Å². The maximum absolute atomic E-state index is 11.6. The molecule has 0 aromatic heterocycles. The van der Waals surface area contributed by atoms with E-state index in [-0.39, 0.29) is 13.0 Å². The Morgan fingerprint density at radius 3 is 2.16 bits per heavy atom. The minimum absolute atomic E-state index is 0.165. The number of likely N-dealkylation sites (N-methyl/N-ethyl adjacent to an activating group) is 1. The summed E-state index contributed by atoms with van der Waals surface area (Å²) in [6.45, 7) is 1.98. The first-order valence-corrected chi connectivity index (χ1v) is 6.17. The van der Waals surface area contributed by atoms with Crippen LogP contribution in [0, 0.1) is 0 Å². The van der Waals surface area contributed by atoms with Crippen LogP contribution in [0.25, 0.3) is 0 Å². The van der Waals surface area contributed by atoms with Crippen LogP contribution in [0.3, 0.4) is 0 Å². The van der Waals surface area contributed by atoms with Crippen molar-refractivity contribution < 1.29 is 33.8 Å². The molecule has 7 nitrogen and oxygen atoms in total. The predicted octanol–water partition coefficient (Wildman–Crippen LogP) is -0.523. The highest BCUT2D eigenvalue weighted by Gasteiger charge is 2.27. The fraction of sp³-hybridized carbons (Fsp3) is 0.833. The second-order valence-corrected chi connectivity index (χ2v) is 5.23. The van der Waals surface area contributed by atoms with Crippen LogP contribution in [-0.4, -0.2) is 79.7 Å². The average molecular weight is 278 g/mol. The Morgan fingerprint density at radius 2 is 1.79 bits per heavy atom. The standard InChI is InChI=1S/C12H23NO6/c1-5-9(11(15)16)19-12(17)10(8-14)18-7-6-13(2,3)4/h9-10,14H,5-8H2,1-4H3/p+1. The molecule has 0 fully saturated rings. The summed E-state index contributed by atoms with van der Waals surface area (Å²) in [6, 6.07) is 0. The van der Waals surface area contributed by atoms with Crippen LogP contribution in [0.1, 0.15) is 13.3 Å². The summed E-state index contributed by atoms with van der Waals surface area (Å²) in [4.78, 5) is 22.4. The number of aliphatic hydroxyl groups excluding tert-OH is 1. The van der Waals surface area contributed by atoms with Crippen LogP contribution in [0.4, 0.5) is 0 Å². The van der Waals surface area contributed by atoms with Gasteiger partial charge in [0.1, 0.15) is 6.54 Å². The van der Waals surface area contributed by atoms with Gasteiger partial charge in [0.15, 0.2) is 12.2 Å². The van der Waals surface area contributed by atoms with Gasteiger partial charge in [-0.2, -0.15) is 0 Å². The molecule has 0 aliphatic carbocycles. The van der Waals surface area contributed by atoms with Crippen LogP contribution in [0.2, 0.25) is 0 Å². The minimum atomic E-state index is -1.21. The average Bonchev–Trinajstić information content (AvgIpc) is 2.29. The summed E-state index contributed by atoms with van der Waals surface area (Å²) >= 11 is 0. The fourth-order valence-electron chi connectivity index (χ4n) is 1.19. The molecular formula is C12H24NO6+. The molecule has 0 bridgehead atoms. The third kappa shape index (κ3) is 7.76. The summed E-state index contributed by atoms with van der Waals surface area (Å²) in [5, 5.41) is 17.8. The third-order valence-corrected chi connectivity index (χ3v) is 2.41. The molecule has 0 heterocycles.